The normalized spacial score (nSPS) is 13.7. The number of amidine groups is 1. The minimum absolute atomic E-state index is 0.191. The molecule has 1 saturated heterocycles. The van der Waals surface area contributed by atoms with Crippen LogP contribution >= 0.6 is 0 Å². The Labute approximate surface area is 164 Å². The van der Waals surface area contributed by atoms with Crippen LogP contribution in [0.4, 0.5) is 11.4 Å². The lowest BCUT2D eigenvalue weighted by Crippen LogP contribution is -2.35. The number of primary amides is 1. The lowest BCUT2D eigenvalue weighted by molar-refractivity contribution is -0.106. The monoisotopic (exact) mass is 380 g/mol. The van der Waals surface area contributed by atoms with E-state index in [0.717, 1.165) is 31.5 Å². The van der Waals surface area contributed by atoms with Crippen LogP contribution in [0.1, 0.15) is 35.2 Å². The number of carbonyl (C=O) groups is 2. The molecule has 7 heteroatoms. The van der Waals surface area contributed by atoms with Gasteiger partial charge in [-0.15, -0.1) is 0 Å². The fourth-order valence-electron chi connectivity index (χ4n) is 3.39. The van der Waals surface area contributed by atoms with Crippen molar-refractivity contribution >= 4 is 29.5 Å². The molecule has 0 aromatic heterocycles. The molecular weight excluding hydrogens is 356 g/mol. The van der Waals surface area contributed by atoms with E-state index in [4.69, 9.17) is 15.9 Å². The van der Waals surface area contributed by atoms with Crippen molar-refractivity contribution in [2.75, 3.05) is 25.1 Å². The highest BCUT2D eigenvalue weighted by molar-refractivity contribution is 6.03. The van der Waals surface area contributed by atoms with Crippen molar-refractivity contribution in [2.24, 2.45) is 5.73 Å². The Bertz CT molecular complexity index is 874. The van der Waals surface area contributed by atoms with Gasteiger partial charge in [0.15, 0.2) is 0 Å². The van der Waals surface area contributed by atoms with Crippen LogP contribution in [0.2, 0.25) is 0 Å². The van der Waals surface area contributed by atoms with Gasteiger partial charge in [0.05, 0.1) is 18.4 Å². The molecule has 0 aliphatic carbocycles. The molecule has 0 spiro atoms. The molecule has 0 atom stereocenters. The topological polar surface area (TPSA) is 99.7 Å². The minimum Gasteiger partial charge on any atom is -0.497 e. The number of benzene rings is 2. The van der Waals surface area contributed by atoms with Crippen molar-refractivity contribution in [3.8, 4) is 5.75 Å². The average Bonchev–Trinajstić information content (AvgIpc) is 2.75. The summed E-state index contributed by atoms with van der Waals surface area (Å²) in [4.78, 5) is 27.1. The molecule has 1 fully saturated rings. The van der Waals surface area contributed by atoms with Gasteiger partial charge in [0, 0.05) is 24.3 Å². The van der Waals surface area contributed by atoms with Crippen LogP contribution in [-0.2, 0) is 4.79 Å². The first-order chi connectivity index (χ1) is 13.5. The molecule has 146 valence electrons. The number of hydrogen-bond donors (Lipinski definition) is 2. The number of nitrogens with zero attached hydrogens (tertiary/aromatic N) is 2. The molecule has 1 heterocycles. The summed E-state index contributed by atoms with van der Waals surface area (Å²) in [5.74, 6) is 0.323. The number of amides is 2. The Morgan fingerprint density at radius 2 is 1.82 bits per heavy atom. The van der Waals surface area contributed by atoms with Crippen LogP contribution in [0.3, 0.4) is 0 Å². The molecular formula is C21H24N4O3. The number of nitrogens with one attached hydrogen (secondary N) is 1. The molecule has 3 N–H and O–H groups in total. The van der Waals surface area contributed by atoms with Gasteiger partial charge in [-0.1, -0.05) is 0 Å². The van der Waals surface area contributed by atoms with Gasteiger partial charge in [-0.25, -0.2) is 0 Å². The molecule has 7 nitrogen and oxygen atoms in total. The Morgan fingerprint density at radius 3 is 2.39 bits per heavy atom. The van der Waals surface area contributed by atoms with E-state index in [0.29, 0.717) is 29.4 Å². The summed E-state index contributed by atoms with van der Waals surface area (Å²) in [6.45, 7) is 1.80. The first kappa shape index (κ1) is 19.4. The number of likely N-dealkylation sites (tertiary alicyclic amines) is 1. The predicted molar refractivity (Wildman–Crippen MR) is 108 cm³/mol. The molecule has 1 aliphatic heterocycles. The van der Waals surface area contributed by atoms with Gasteiger partial charge >= 0.3 is 0 Å². The maximum absolute atomic E-state index is 11.9. The first-order valence-electron chi connectivity index (χ1n) is 9.21. The van der Waals surface area contributed by atoms with Gasteiger partial charge in [0.2, 0.25) is 6.41 Å². The third-order valence-corrected chi connectivity index (χ3v) is 4.93. The summed E-state index contributed by atoms with van der Waals surface area (Å²) < 4.78 is 5.14. The standard InChI is InChI=1S/C21H24N4O3/c1-28-17-9-10-19(18(13-17)21(23)27)25(14-26)16-7-5-15(6-8-16)20(22)24-11-3-2-4-12-24/h5-10,13-14,22H,2-4,11-12H2,1H3,(H2,23,27). The van der Waals surface area contributed by atoms with Crippen LogP contribution < -0.4 is 15.4 Å². The highest BCUT2D eigenvalue weighted by Crippen LogP contribution is 2.30. The number of anilines is 2. The second kappa shape index (κ2) is 8.56. The highest BCUT2D eigenvalue weighted by atomic mass is 16.5. The summed E-state index contributed by atoms with van der Waals surface area (Å²) in [5, 5.41) is 8.41. The van der Waals surface area contributed by atoms with E-state index < -0.39 is 5.91 Å². The van der Waals surface area contributed by atoms with Crippen LogP contribution in [0.15, 0.2) is 42.5 Å². The third kappa shape index (κ3) is 3.98. The third-order valence-electron chi connectivity index (χ3n) is 4.93. The van der Waals surface area contributed by atoms with Gasteiger partial charge < -0.3 is 15.4 Å². The molecule has 2 aromatic carbocycles. The minimum atomic E-state index is -0.649. The lowest BCUT2D eigenvalue weighted by Gasteiger charge is -2.29. The van der Waals surface area contributed by atoms with E-state index in [1.165, 1.54) is 24.5 Å². The molecule has 0 bridgehead atoms. The van der Waals surface area contributed by atoms with E-state index in [1.807, 2.05) is 12.1 Å². The molecule has 1 aliphatic rings. The molecule has 3 rings (SSSR count). The lowest BCUT2D eigenvalue weighted by atomic mass is 10.1. The van der Waals surface area contributed by atoms with E-state index >= 15 is 0 Å². The van der Waals surface area contributed by atoms with Gasteiger partial charge in [0.1, 0.15) is 11.6 Å². The molecule has 0 radical (unpaired) electrons. The average molecular weight is 380 g/mol. The van der Waals surface area contributed by atoms with Gasteiger partial charge in [-0.3, -0.25) is 19.9 Å². The van der Waals surface area contributed by atoms with E-state index in [2.05, 4.69) is 4.90 Å². The van der Waals surface area contributed by atoms with E-state index in [1.54, 1.807) is 24.3 Å². The number of carbonyl (C=O) groups excluding carboxylic acids is 2. The summed E-state index contributed by atoms with van der Waals surface area (Å²) in [7, 11) is 1.49. The number of piperidine rings is 1. The molecule has 0 saturated carbocycles. The van der Waals surface area contributed by atoms with Crippen LogP contribution in [-0.4, -0.2) is 43.3 Å². The van der Waals surface area contributed by atoms with E-state index in [-0.39, 0.29) is 5.56 Å². The second-order valence-corrected chi connectivity index (χ2v) is 6.67. The first-order valence-corrected chi connectivity index (χ1v) is 9.21. The van der Waals surface area contributed by atoms with Crippen LogP contribution in [0.25, 0.3) is 0 Å². The summed E-state index contributed by atoms with van der Waals surface area (Å²) in [5.41, 5.74) is 7.43. The number of ether oxygens (including phenoxy) is 1. The fraction of sp³-hybridized carbons (Fsp3) is 0.286. The largest absolute Gasteiger partial charge is 0.497 e. The summed E-state index contributed by atoms with van der Waals surface area (Å²) in [6, 6.07) is 11.9. The summed E-state index contributed by atoms with van der Waals surface area (Å²) in [6.07, 6.45) is 4.06. The molecule has 28 heavy (non-hydrogen) atoms. The second-order valence-electron chi connectivity index (χ2n) is 6.67. The Morgan fingerprint density at radius 1 is 1.14 bits per heavy atom. The van der Waals surface area contributed by atoms with Crippen molar-refractivity contribution in [2.45, 2.75) is 19.3 Å². The molecule has 2 amide bonds. The van der Waals surface area contributed by atoms with Crippen molar-refractivity contribution in [1.82, 2.24) is 4.90 Å². The zero-order chi connectivity index (χ0) is 20.1. The maximum Gasteiger partial charge on any atom is 0.250 e. The molecule has 2 aromatic rings. The quantitative estimate of drug-likeness (QED) is 0.457. The van der Waals surface area contributed by atoms with Crippen molar-refractivity contribution in [1.29, 1.82) is 5.41 Å². The van der Waals surface area contributed by atoms with Gasteiger partial charge in [-0.2, -0.15) is 0 Å². The van der Waals surface area contributed by atoms with Crippen molar-refractivity contribution in [3.63, 3.8) is 0 Å². The van der Waals surface area contributed by atoms with Crippen molar-refractivity contribution in [3.05, 3.63) is 53.6 Å². The number of methoxy groups -OCH3 is 1. The van der Waals surface area contributed by atoms with Gasteiger partial charge in [-0.05, 0) is 61.7 Å². The highest BCUT2D eigenvalue weighted by Gasteiger charge is 2.19. The Hall–Kier alpha value is -3.35. The van der Waals surface area contributed by atoms with Crippen LogP contribution in [0.5, 0.6) is 5.75 Å². The zero-order valence-corrected chi connectivity index (χ0v) is 15.9. The summed E-state index contributed by atoms with van der Waals surface area (Å²) >= 11 is 0. The smallest absolute Gasteiger partial charge is 0.250 e. The Balaban J connectivity index is 1.88. The van der Waals surface area contributed by atoms with E-state index in [9.17, 15) is 9.59 Å². The predicted octanol–water partition coefficient (Wildman–Crippen LogP) is 2.90. The molecule has 0 unspecified atom stereocenters. The maximum atomic E-state index is 11.9. The number of rotatable bonds is 6. The SMILES string of the molecule is COc1ccc(N(C=O)c2ccc(C(=N)N3CCCCC3)cc2)c(C(N)=O)c1. The Kier molecular flexibility index (Phi) is 5.93. The van der Waals surface area contributed by atoms with Gasteiger partial charge in [0.25, 0.3) is 5.91 Å². The number of hydrogen-bond acceptors (Lipinski definition) is 4. The number of nitrogens with two attached hydrogens (primary N) is 1. The zero-order valence-electron chi connectivity index (χ0n) is 15.9. The van der Waals surface area contributed by atoms with Crippen LogP contribution in [0, 0.1) is 5.41 Å². The fourth-order valence-corrected chi connectivity index (χ4v) is 3.39. The van der Waals surface area contributed by atoms with Crippen molar-refractivity contribution < 1.29 is 14.3 Å².